The van der Waals surface area contributed by atoms with Gasteiger partial charge in [0, 0.05) is 9.80 Å². The van der Waals surface area contributed by atoms with Crippen LogP contribution in [0.1, 0.15) is 13.7 Å². The zero-order chi connectivity index (χ0) is 11.7. The Balaban J connectivity index is 2.82. The van der Waals surface area contributed by atoms with E-state index < -0.39 is 13.4 Å². The molecule has 0 bridgehead atoms. The molecule has 0 aliphatic carbocycles. The summed E-state index contributed by atoms with van der Waals surface area (Å²) in [5.74, 6) is 0.130. The Bertz CT molecular complexity index is 332. The molecule has 0 aromatic heterocycles. The molecule has 1 aromatic carbocycles. The van der Waals surface area contributed by atoms with Crippen LogP contribution in [0.25, 0.3) is 0 Å². The molecule has 0 saturated heterocycles. The van der Waals surface area contributed by atoms with Crippen LogP contribution in [0, 0.1) is 0 Å². The lowest BCUT2D eigenvalue weighted by molar-refractivity contribution is 0.340. The number of anilines is 1. The highest BCUT2D eigenvalue weighted by molar-refractivity contribution is 5.41. The van der Waals surface area contributed by atoms with Gasteiger partial charge in [0.15, 0.2) is 0 Å². The number of rotatable bonds is 2. The van der Waals surface area contributed by atoms with E-state index >= 15 is 0 Å². The van der Waals surface area contributed by atoms with Crippen LogP contribution in [0.5, 0.6) is 5.75 Å². The highest BCUT2D eigenvalue weighted by Gasteiger charge is 1.88. The number of hydrogen-bond donors (Lipinski definition) is 1. The van der Waals surface area contributed by atoms with Gasteiger partial charge in [0.1, 0.15) is 5.75 Å². The number of nitrogen functional groups attached to an aromatic ring is 1. The van der Waals surface area contributed by atoms with Crippen molar-refractivity contribution in [3.63, 3.8) is 0 Å². The molecular weight excluding hydrogens is 126 g/mol. The van der Waals surface area contributed by atoms with Gasteiger partial charge in [-0.3, -0.25) is 0 Å². The lowest BCUT2D eigenvalue weighted by atomic mass is 10.3. The molecule has 54 valence electrons. The summed E-state index contributed by atoms with van der Waals surface area (Å²) in [5.41, 5.74) is 5.91. The van der Waals surface area contributed by atoms with Gasteiger partial charge in [-0.1, -0.05) is 0 Å². The van der Waals surface area contributed by atoms with E-state index in [2.05, 4.69) is 0 Å². The van der Waals surface area contributed by atoms with Gasteiger partial charge >= 0.3 is 0 Å². The molecule has 0 amide bonds. The summed E-state index contributed by atoms with van der Waals surface area (Å²) in [6, 6.07) is 5.84. The van der Waals surface area contributed by atoms with Gasteiger partial charge in [-0.15, -0.1) is 0 Å². The minimum absolute atomic E-state index is 0.130. The average Bonchev–Trinajstić information content (AvgIpc) is 2.06. The molecule has 0 spiro atoms. The lowest BCUT2D eigenvalue weighted by Crippen LogP contribution is -1.91. The minimum atomic E-state index is -2.83. The molecule has 10 heavy (non-hydrogen) atoms. The molecule has 0 atom stereocenters. The first-order valence-corrected chi connectivity index (χ1v) is 2.77. The molecule has 1 rings (SSSR count). The zero-order valence-electron chi connectivity index (χ0n) is 10.3. The molecule has 0 fully saturated rings. The predicted octanol–water partition coefficient (Wildman–Crippen LogP) is 1.67. The predicted molar refractivity (Wildman–Crippen MR) is 42.0 cm³/mol. The fourth-order valence-corrected chi connectivity index (χ4v) is 0.595. The molecule has 0 aliphatic rings. The molecule has 2 N–H and O–H groups in total. The molecule has 0 radical (unpaired) electrons. The first-order valence-electron chi connectivity index (χ1n) is 5.27. The largest absolute Gasteiger partial charge is 0.494 e. The Morgan fingerprint density at radius 2 is 2.30 bits per heavy atom. The molecular formula is C8H11NO. The van der Waals surface area contributed by atoms with Crippen LogP contribution in [-0.2, 0) is 0 Å². The summed E-state index contributed by atoms with van der Waals surface area (Å²) in [6.45, 7) is -5.53. The number of nitrogens with two attached hydrogens (primary N) is 1. The van der Waals surface area contributed by atoms with Crippen molar-refractivity contribution in [2.45, 2.75) is 6.85 Å². The fraction of sp³-hybridized carbons (Fsp3) is 0.250. The third-order valence-corrected chi connectivity index (χ3v) is 1.05. The third-order valence-electron chi connectivity index (χ3n) is 1.05. The van der Waals surface area contributed by atoms with Gasteiger partial charge < -0.3 is 10.5 Å². The van der Waals surface area contributed by atoms with E-state index in [1.165, 1.54) is 24.3 Å². The Morgan fingerprint density at radius 3 is 2.90 bits per heavy atom. The summed E-state index contributed by atoms with van der Waals surface area (Å²) in [6.07, 6.45) is 0. The van der Waals surface area contributed by atoms with E-state index in [0.717, 1.165) is 0 Å². The Labute approximate surface area is 67.6 Å². The smallest absolute Gasteiger partial charge is 0.119 e. The fourth-order valence-electron chi connectivity index (χ4n) is 0.595. The van der Waals surface area contributed by atoms with Crippen molar-refractivity contribution in [2.75, 3.05) is 12.3 Å². The maximum absolute atomic E-state index is 7.22. The van der Waals surface area contributed by atoms with Crippen LogP contribution in [0.2, 0.25) is 0 Å². The molecule has 2 nitrogen and oxygen atoms in total. The summed E-state index contributed by atoms with van der Waals surface area (Å²) in [7, 11) is 0. The van der Waals surface area contributed by atoms with Crippen molar-refractivity contribution in [1.29, 1.82) is 0 Å². The van der Waals surface area contributed by atoms with Crippen molar-refractivity contribution in [1.82, 2.24) is 0 Å². The zero-order valence-corrected chi connectivity index (χ0v) is 5.29. The number of hydrogen-bond acceptors (Lipinski definition) is 2. The number of ether oxygens (including phenoxy) is 1. The van der Waals surface area contributed by atoms with Gasteiger partial charge in [-0.05, 0) is 31.1 Å². The second-order valence-electron chi connectivity index (χ2n) is 1.77. The van der Waals surface area contributed by atoms with Gasteiger partial charge in [0.25, 0.3) is 0 Å². The van der Waals surface area contributed by atoms with Crippen molar-refractivity contribution < 1.29 is 11.6 Å². The summed E-state index contributed by atoms with van der Waals surface area (Å²) >= 11 is 0. The minimum Gasteiger partial charge on any atom is -0.494 e. The topological polar surface area (TPSA) is 35.2 Å². The van der Waals surface area contributed by atoms with E-state index in [4.69, 9.17) is 17.3 Å². The van der Waals surface area contributed by atoms with Crippen LogP contribution < -0.4 is 10.5 Å². The maximum atomic E-state index is 7.22. The molecule has 0 heterocycles. The molecule has 0 saturated carbocycles. The van der Waals surface area contributed by atoms with Crippen LogP contribution in [0.15, 0.2) is 24.3 Å². The van der Waals surface area contributed by atoms with Crippen LogP contribution in [0.3, 0.4) is 0 Å². The van der Waals surface area contributed by atoms with E-state index in [1.807, 2.05) is 0 Å². The van der Waals surface area contributed by atoms with E-state index in [9.17, 15) is 0 Å². The maximum Gasteiger partial charge on any atom is 0.119 e. The van der Waals surface area contributed by atoms with E-state index in [1.54, 1.807) is 0 Å². The second-order valence-corrected chi connectivity index (χ2v) is 1.77. The second kappa shape index (κ2) is 3.11. The van der Waals surface area contributed by atoms with Crippen molar-refractivity contribution >= 4 is 5.69 Å². The van der Waals surface area contributed by atoms with Crippen LogP contribution >= 0.6 is 0 Å². The quantitative estimate of drug-likeness (QED) is 0.637. The van der Waals surface area contributed by atoms with Gasteiger partial charge in [0.2, 0.25) is 0 Å². The standard InChI is InChI=1S/C8H11NO/c1-2-10-8-5-3-7(9)4-6-8/h3-6H,2,9H2,1H3/i1D3,2D2. The third kappa shape index (κ3) is 1.65. The average molecular weight is 142 g/mol. The summed E-state index contributed by atoms with van der Waals surface area (Å²) < 4.78 is 40.0. The summed E-state index contributed by atoms with van der Waals surface area (Å²) in [5, 5.41) is 0. The van der Waals surface area contributed by atoms with Gasteiger partial charge in [0.05, 0.1) is 9.30 Å². The SMILES string of the molecule is [2H]C([2H])([2H])C([2H])([2H])Oc1ccc(N)cc1. The Kier molecular flexibility index (Phi) is 0.877. The number of benzene rings is 1. The van der Waals surface area contributed by atoms with Crippen molar-refractivity contribution in [3.05, 3.63) is 24.3 Å². The normalized spacial score (nSPS) is 19.4. The Hall–Kier alpha value is -1.18. The molecule has 2 heteroatoms. The van der Waals surface area contributed by atoms with Gasteiger partial charge in [-0.2, -0.15) is 0 Å². The van der Waals surface area contributed by atoms with Gasteiger partial charge in [-0.25, -0.2) is 0 Å². The van der Waals surface area contributed by atoms with Crippen molar-refractivity contribution in [2.24, 2.45) is 0 Å². The first-order chi connectivity index (χ1) is 6.72. The molecule has 0 aliphatic heterocycles. The van der Waals surface area contributed by atoms with E-state index in [0.29, 0.717) is 5.69 Å². The van der Waals surface area contributed by atoms with Crippen LogP contribution in [0.4, 0.5) is 5.69 Å². The summed E-state index contributed by atoms with van der Waals surface area (Å²) in [4.78, 5) is 0. The monoisotopic (exact) mass is 142 g/mol. The molecule has 1 aromatic rings. The lowest BCUT2D eigenvalue weighted by Gasteiger charge is -2.01. The highest BCUT2D eigenvalue weighted by Crippen LogP contribution is 2.12. The highest BCUT2D eigenvalue weighted by atomic mass is 16.5. The Morgan fingerprint density at radius 1 is 1.60 bits per heavy atom. The first kappa shape index (κ1) is 2.82. The van der Waals surface area contributed by atoms with Crippen molar-refractivity contribution in [3.8, 4) is 5.75 Å². The van der Waals surface area contributed by atoms with Crippen LogP contribution in [-0.4, -0.2) is 6.56 Å². The molecule has 0 unspecified atom stereocenters. The van der Waals surface area contributed by atoms with E-state index in [-0.39, 0.29) is 5.75 Å².